The first kappa shape index (κ1) is 20.0. The second kappa shape index (κ2) is 11.5. The van der Waals surface area contributed by atoms with E-state index in [0.717, 1.165) is 19.3 Å². The number of unbranched alkanes of at least 4 members (excludes halogenated alkanes) is 2. The van der Waals surface area contributed by atoms with Crippen LogP contribution in [0.15, 0.2) is 24.3 Å². The summed E-state index contributed by atoms with van der Waals surface area (Å²) in [5.41, 5.74) is 0.680. The van der Waals surface area contributed by atoms with E-state index in [2.05, 4.69) is 17.6 Å². The number of ether oxygens (including phenoxy) is 1. The summed E-state index contributed by atoms with van der Waals surface area (Å²) in [6, 6.07) is 7.19. The Balaban J connectivity index is 2.40. The number of nitrogens with one attached hydrogen (secondary N) is 2. The van der Waals surface area contributed by atoms with Gasteiger partial charge in [0.2, 0.25) is 11.8 Å². The van der Waals surface area contributed by atoms with Gasteiger partial charge < -0.3 is 15.4 Å². The van der Waals surface area contributed by atoms with Crippen LogP contribution in [0.25, 0.3) is 0 Å². The van der Waals surface area contributed by atoms with Gasteiger partial charge in [0, 0.05) is 18.3 Å². The molecule has 0 aliphatic heterocycles. The monoisotopic (exact) mass is 335 g/mol. The summed E-state index contributed by atoms with van der Waals surface area (Å²) < 4.78 is 5.13. The Hall–Kier alpha value is -2.08. The number of benzene rings is 1. The van der Waals surface area contributed by atoms with Crippen LogP contribution in [0, 0.1) is 0 Å². The van der Waals surface area contributed by atoms with Gasteiger partial charge in [-0.15, -0.1) is 0 Å². The Morgan fingerprint density at radius 3 is 2.54 bits per heavy atom. The molecule has 2 N–H and O–H groups in total. The molecule has 0 aliphatic rings. The molecular weight excluding hydrogens is 306 g/mol. The number of hydrogen-bond acceptors (Lipinski definition) is 4. The minimum atomic E-state index is -0.149. The molecule has 24 heavy (non-hydrogen) atoms. The number of amides is 2. The van der Waals surface area contributed by atoms with Gasteiger partial charge in [-0.3, -0.25) is 14.5 Å². The van der Waals surface area contributed by atoms with Gasteiger partial charge in [-0.25, -0.2) is 0 Å². The third-order valence-electron chi connectivity index (χ3n) is 3.64. The van der Waals surface area contributed by atoms with Gasteiger partial charge in [-0.2, -0.15) is 0 Å². The Labute approximate surface area is 144 Å². The summed E-state index contributed by atoms with van der Waals surface area (Å²) in [6.07, 6.45) is 3.23. The molecule has 1 aromatic rings. The molecule has 0 aromatic heterocycles. The molecule has 0 heterocycles. The second-order valence-corrected chi connectivity index (χ2v) is 5.64. The molecule has 0 bridgehead atoms. The van der Waals surface area contributed by atoms with Crippen LogP contribution in [-0.4, -0.2) is 50.0 Å². The zero-order valence-corrected chi connectivity index (χ0v) is 14.9. The average Bonchev–Trinajstić information content (AvgIpc) is 2.58. The molecule has 0 atom stereocenters. The molecule has 0 spiro atoms. The zero-order valence-electron chi connectivity index (χ0n) is 14.9. The van der Waals surface area contributed by atoms with Gasteiger partial charge in [0.1, 0.15) is 5.75 Å². The van der Waals surface area contributed by atoms with E-state index < -0.39 is 0 Å². The molecule has 0 unspecified atom stereocenters. The van der Waals surface area contributed by atoms with E-state index in [1.54, 1.807) is 19.2 Å². The van der Waals surface area contributed by atoms with Crippen molar-refractivity contribution in [2.75, 3.05) is 38.6 Å². The van der Waals surface area contributed by atoms with E-state index in [1.807, 2.05) is 24.0 Å². The number of hydrogen-bond donors (Lipinski definition) is 2. The molecule has 1 aromatic carbocycles. The van der Waals surface area contributed by atoms with Gasteiger partial charge >= 0.3 is 0 Å². The first-order valence-corrected chi connectivity index (χ1v) is 8.52. The maximum Gasteiger partial charge on any atom is 0.238 e. The van der Waals surface area contributed by atoms with Crippen molar-refractivity contribution < 1.29 is 14.3 Å². The van der Waals surface area contributed by atoms with Crippen LogP contribution in [0.1, 0.15) is 33.1 Å². The highest BCUT2D eigenvalue weighted by Crippen LogP contribution is 2.16. The lowest BCUT2D eigenvalue weighted by atomic mass is 10.2. The predicted octanol–water partition coefficient (Wildman–Crippen LogP) is 2.26. The Kier molecular flexibility index (Phi) is 9.53. The largest absolute Gasteiger partial charge is 0.497 e. The fourth-order valence-electron chi connectivity index (χ4n) is 2.25. The maximum absolute atomic E-state index is 12.1. The molecule has 0 fully saturated rings. The van der Waals surface area contributed by atoms with Gasteiger partial charge in [0.05, 0.1) is 20.2 Å². The van der Waals surface area contributed by atoms with Crippen molar-refractivity contribution in [3.63, 3.8) is 0 Å². The highest BCUT2D eigenvalue weighted by Gasteiger charge is 2.13. The van der Waals surface area contributed by atoms with E-state index in [4.69, 9.17) is 4.74 Å². The molecular formula is C18H29N3O3. The van der Waals surface area contributed by atoms with Crippen LogP contribution in [0.5, 0.6) is 5.75 Å². The number of likely N-dealkylation sites (N-methyl/N-ethyl adjacent to an activating group) is 1. The third kappa shape index (κ3) is 7.97. The molecule has 0 aliphatic carbocycles. The van der Waals surface area contributed by atoms with Crippen molar-refractivity contribution in [1.29, 1.82) is 0 Å². The normalized spacial score (nSPS) is 10.5. The van der Waals surface area contributed by atoms with Crippen molar-refractivity contribution >= 4 is 17.5 Å². The maximum atomic E-state index is 12.1. The zero-order chi connectivity index (χ0) is 17.8. The fourth-order valence-corrected chi connectivity index (χ4v) is 2.25. The number of rotatable bonds is 11. The van der Waals surface area contributed by atoms with E-state index in [1.165, 1.54) is 0 Å². The van der Waals surface area contributed by atoms with Crippen LogP contribution >= 0.6 is 0 Å². The average molecular weight is 335 g/mol. The van der Waals surface area contributed by atoms with Crippen LogP contribution in [-0.2, 0) is 9.59 Å². The Morgan fingerprint density at radius 1 is 1.12 bits per heavy atom. The van der Waals surface area contributed by atoms with E-state index in [-0.39, 0.29) is 24.9 Å². The lowest BCUT2D eigenvalue weighted by molar-refractivity contribution is -0.123. The lowest BCUT2D eigenvalue weighted by Crippen LogP contribution is -2.41. The van der Waals surface area contributed by atoms with Gasteiger partial charge in [0.15, 0.2) is 0 Å². The van der Waals surface area contributed by atoms with Gasteiger partial charge in [-0.1, -0.05) is 32.8 Å². The summed E-state index contributed by atoms with van der Waals surface area (Å²) in [5.74, 6) is 0.498. The van der Waals surface area contributed by atoms with Crippen molar-refractivity contribution in [2.24, 2.45) is 0 Å². The van der Waals surface area contributed by atoms with Crippen LogP contribution < -0.4 is 15.4 Å². The first-order valence-electron chi connectivity index (χ1n) is 8.52. The lowest BCUT2D eigenvalue weighted by Gasteiger charge is -2.19. The minimum absolute atomic E-state index is 0.0397. The van der Waals surface area contributed by atoms with E-state index in [0.29, 0.717) is 24.5 Å². The van der Waals surface area contributed by atoms with Crippen molar-refractivity contribution in [3.8, 4) is 5.75 Å². The summed E-state index contributed by atoms with van der Waals surface area (Å²) in [6.45, 7) is 5.79. The molecule has 0 saturated carbocycles. The first-order chi connectivity index (χ1) is 11.6. The second-order valence-electron chi connectivity index (χ2n) is 5.64. The molecule has 2 amide bonds. The van der Waals surface area contributed by atoms with E-state index >= 15 is 0 Å². The quantitative estimate of drug-likeness (QED) is 0.609. The summed E-state index contributed by atoms with van der Waals surface area (Å²) in [5, 5.41) is 5.71. The van der Waals surface area contributed by atoms with Crippen molar-refractivity contribution in [2.45, 2.75) is 33.1 Å². The van der Waals surface area contributed by atoms with Gasteiger partial charge in [-0.05, 0) is 25.1 Å². The molecule has 134 valence electrons. The molecule has 6 heteroatoms. The molecule has 1 rings (SSSR count). The highest BCUT2D eigenvalue weighted by molar-refractivity contribution is 5.92. The van der Waals surface area contributed by atoms with Crippen molar-refractivity contribution in [3.05, 3.63) is 24.3 Å². The molecule has 0 saturated heterocycles. The number of carbonyl (C=O) groups is 2. The number of nitrogens with zero attached hydrogens (tertiary/aromatic N) is 1. The van der Waals surface area contributed by atoms with Crippen LogP contribution in [0.3, 0.4) is 0 Å². The molecule has 6 nitrogen and oxygen atoms in total. The summed E-state index contributed by atoms with van der Waals surface area (Å²) >= 11 is 0. The van der Waals surface area contributed by atoms with Gasteiger partial charge in [0.25, 0.3) is 0 Å². The Bertz CT molecular complexity index is 520. The number of carbonyl (C=O) groups excluding carboxylic acids is 2. The van der Waals surface area contributed by atoms with Crippen LogP contribution in [0.2, 0.25) is 0 Å². The summed E-state index contributed by atoms with van der Waals surface area (Å²) in [7, 11) is 1.58. The minimum Gasteiger partial charge on any atom is -0.497 e. The standard InChI is InChI=1S/C18H29N3O3/c1-4-6-7-11-19-17(22)13-21(5-2)14-18(23)20-15-9-8-10-16(12-15)24-3/h8-10,12H,4-7,11,13-14H2,1-3H3,(H,19,22)(H,20,23). The SMILES string of the molecule is CCCCCNC(=O)CN(CC)CC(=O)Nc1cccc(OC)c1. The van der Waals surface area contributed by atoms with E-state index in [9.17, 15) is 9.59 Å². The number of methoxy groups -OCH3 is 1. The topological polar surface area (TPSA) is 70.7 Å². The smallest absolute Gasteiger partial charge is 0.238 e. The highest BCUT2D eigenvalue weighted by atomic mass is 16.5. The fraction of sp³-hybridized carbons (Fsp3) is 0.556. The Morgan fingerprint density at radius 2 is 1.88 bits per heavy atom. The molecule has 0 radical (unpaired) electrons. The van der Waals surface area contributed by atoms with Crippen molar-refractivity contribution in [1.82, 2.24) is 10.2 Å². The predicted molar refractivity (Wildman–Crippen MR) is 96.3 cm³/mol. The summed E-state index contributed by atoms with van der Waals surface area (Å²) in [4.78, 5) is 25.8. The van der Waals surface area contributed by atoms with Crippen LogP contribution in [0.4, 0.5) is 5.69 Å². The third-order valence-corrected chi connectivity index (χ3v) is 3.64. The number of anilines is 1.